The summed E-state index contributed by atoms with van der Waals surface area (Å²) in [6.45, 7) is 4.99. The number of amides is 1. The monoisotopic (exact) mass is 386 g/mol. The van der Waals surface area contributed by atoms with E-state index in [1.54, 1.807) is 12.4 Å². The van der Waals surface area contributed by atoms with Gasteiger partial charge in [0.25, 0.3) is 5.91 Å². The first-order chi connectivity index (χ1) is 14.2. The number of benzene rings is 2. The van der Waals surface area contributed by atoms with E-state index in [-0.39, 0.29) is 5.91 Å². The van der Waals surface area contributed by atoms with Gasteiger partial charge in [0, 0.05) is 43.4 Å². The number of hydrogen-bond acceptors (Lipinski definition) is 4. The lowest BCUT2D eigenvalue weighted by Crippen LogP contribution is -2.17. The van der Waals surface area contributed by atoms with Crippen LogP contribution in [-0.4, -0.2) is 24.0 Å². The van der Waals surface area contributed by atoms with E-state index >= 15 is 0 Å². The van der Waals surface area contributed by atoms with Crippen molar-refractivity contribution in [2.24, 2.45) is 0 Å². The zero-order valence-electron chi connectivity index (χ0n) is 16.7. The number of pyridine rings is 1. The summed E-state index contributed by atoms with van der Waals surface area (Å²) in [5.41, 5.74) is 5.77. The average Bonchev–Trinajstić information content (AvgIpc) is 3.28. The number of carbonyl (C=O) groups excluding carboxylic acids is 1. The van der Waals surface area contributed by atoms with Crippen molar-refractivity contribution in [2.75, 3.05) is 28.6 Å². The molecule has 0 radical (unpaired) electrons. The number of nitrogens with zero attached hydrogens (tertiary/aromatic N) is 2. The van der Waals surface area contributed by atoms with Gasteiger partial charge in [0.2, 0.25) is 0 Å². The van der Waals surface area contributed by atoms with Gasteiger partial charge >= 0.3 is 0 Å². The molecule has 1 fully saturated rings. The Morgan fingerprint density at radius 1 is 1.00 bits per heavy atom. The standard InChI is InChI=1S/C24H26N4O/c1-18-5-4-6-19(13-18)15-26-22-14-20(16-25-17-22)24(29)27-21-7-9-23(10-8-21)28-11-2-3-12-28/h4-10,13-14,16-17,26H,2-3,11-12,15H2,1H3,(H,27,29). The van der Waals surface area contributed by atoms with Crippen LogP contribution in [0.15, 0.2) is 67.0 Å². The van der Waals surface area contributed by atoms with E-state index in [1.807, 2.05) is 24.3 Å². The van der Waals surface area contributed by atoms with Gasteiger partial charge in [-0.3, -0.25) is 9.78 Å². The molecule has 0 aliphatic carbocycles. The fourth-order valence-electron chi connectivity index (χ4n) is 3.62. The largest absolute Gasteiger partial charge is 0.380 e. The summed E-state index contributed by atoms with van der Waals surface area (Å²) in [6.07, 6.45) is 5.82. The lowest BCUT2D eigenvalue weighted by atomic mass is 10.1. The molecule has 1 aliphatic heterocycles. The van der Waals surface area contributed by atoms with Crippen LogP contribution in [0.3, 0.4) is 0 Å². The molecule has 2 heterocycles. The van der Waals surface area contributed by atoms with Crippen LogP contribution in [0.1, 0.15) is 34.3 Å². The van der Waals surface area contributed by atoms with Crippen LogP contribution < -0.4 is 15.5 Å². The number of anilines is 3. The van der Waals surface area contributed by atoms with Gasteiger partial charge in [0.15, 0.2) is 0 Å². The van der Waals surface area contributed by atoms with E-state index in [4.69, 9.17) is 0 Å². The lowest BCUT2D eigenvalue weighted by Gasteiger charge is -2.17. The fourth-order valence-corrected chi connectivity index (χ4v) is 3.62. The maximum absolute atomic E-state index is 12.6. The Labute approximate surface area is 171 Å². The second-order valence-corrected chi connectivity index (χ2v) is 7.50. The molecule has 0 atom stereocenters. The molecule has 1 saturated heterocycles. The summed E-state index contributed by atoms with van der Waals surface area (Å²) in [4.78, 5) is 19.2. The van der Waals surface area contributed by atoms with Gasteiger partial charge in [-0.1, -0.05) is 29.8 Å². The highest BCUT2D eigenvalue weighted by Crippen LogP contribution is 2.22. The van der Waals surface area contributed by atoms with Crippen LogP contribution in [-0.2, 0) is 6.54 Å². The van der Waals surface area contributed by atoms with Crippen LogP contribution in [0.25, 0.3) is 0 Å². The Bertz CT molecular complexity index is 978. The molecule has 4 rings (SSSR count). The molecule has 0 saturated carbocycles. The van der Waals surface area contributed by atoms with E-state index in [2.05, 4.69) is 57.8 Å². The quantitative estimate of drug-likeness (QED) is 0.636. The summed E-state index contributed by atoms with van der Waals surface area (Å²) in [6, 6.07) is 18.2. The van der Waals surface area contributed by atoms with Crippen molar-refractivity contribution in [3.63, 3.8) is 0 Å². The summed E-state index contributed by atoms with van der Waals surface area (Å²) >= 11 is 0. The van der Waals surface area contributed by atoms with Crippen molar-refractivity contribution in [2.45, 2.75) is 26.3 Å². The van der Waals surface area contributed by atoms with E-state index < -0.39 is 0 Å². The minimum Gasteiger partial charge on any atom is -0.380 e. The Kier molecular flexibility index (Phi) is 5.75. The zero-order chi connectivity index (χ0) is 20.1. The molecule has 5 nitrogen and oxygen atoms in total. The lowest BCUT2D eigenvalue weighted by molar-refractivity contribution is 0.102. The maximum atomic E-state index is 12.6. The fraction of sp³-hybridized carbons (Fsp3) is 0.250. The summed E-state index contributed by atoms with van der Waals surface area (Å²) in [7, 11) is 0. The summed E-state index contributed by atoms with van der Waals surface area (Å²) < 4.78 is 0. The molecule has 2 N–H and O–H groups in total. The highest BCUT2D eigenvalue weighted by atomic mass is 16.1. The van der Waals surface area contributed by atoms with Crippen molar-refractivity contribution in [3.8, 4) is 0 Å². The highest BCUT2D eigenvalue weighted by Gasteiger charge is 2.12. The smallest absolute Gasteiger partial charge is 0.257 e. The van der Waals surface area contributed by atoms with Crippen molar-refractivity contribution in [1.29, 1.82) is 0 Å². The van der Waals surface area contributed by atoms with Crippen molar-refractivity contribution in [3.05, 3.63) is 83.7 Å². The van der Waals surface area contributed by atoms with Crippen molar-refractivity contribution >= 4 is 23.0 Å². The van der Waals surface area contributed by atoms with Gasteiger partial charge in [0.05, 0.1) is 11.3 Å². The van der Waals surface area contributed by atoms with Crippen LogP contribution >= 0.6 is 0 Å². The second-order valence-electron chi connectivity index (χ2n) is 7.50. The molecule has 0 spiro atoms. The summed E-state index contributed by atoms with van der Waals surface area (Å²) in [5, 5.41) is 6.30. The van der Waals surface area contributed by atoms with Crippen molar-refractivity contribution < 1.29 is 4.79 Å². The maximum Gasteiger partial charge on any atom is 0.257 e. The number of carbonyl (C=O) groups is 1. The minimum absolute atomic E-state index is 0.161. The molecule has 5 heteroatoms. The van der Waals surface area contributed by atoms with Crippen LogP contribution in [0.2, 0.25) is 0 Å². The molecule has 29 heavy (non-hydrogen) atoms. The second kappa shape index (κ2) is 8.78. The number of hydrogen-bond donors (Lipinski definition) is 2. The van der Waals surface area contributed by atoms with Crippen molar-refractivity contribution in [1.82, 2.24) is 4.98 Å². The van der Waals surface area contributed by atoms with Gasteiger partial charge in [-0.25, -0.2) is 0 Å². The Morgan fingerprint density at radius 3 is 2.55 bits per heavy atom. The van der Waals surface area contributed by atoms with Gasteiger partial charge in [-0.05, 0) is 55.7 Å². The molecule has 1 aliphatic rings. The minimum atomic E-state index is -0.161. The van der Waals surface area contributed by atoms with Gasteiger partial charge in [-0.15, -0.1) is 0 Å². The SMILES string of the molecule is Cc1cccc(CNc2cncc(C(=O)Nc3ccc(N4CCCC4)cc3)c2)c1. The third-order valence-corrected chi connectivity index (χ3v) is 5.18. The number of aromatic nitrogens is 1. The van der Waals surface area contributed by atoms with Gasteiger partial charge < -0.3 is 15.5 Å². The predicted molar refractivity (Wildman–Crippen MR) is 119 cm³/mol. The molecular weight excluding hydrogens is 360 g/mol. The third kappa shape index (κ3) is 4.93. The van der Waals surface area contributed by atoms with E-state index in [9.17, 15) is 4.79 Å². The first kappa shape index (κ1) is 19.0. The van der Waals surface area contributed by atoms with Crippen LogP contribution in [0.4, 0.5) is 17.1 Å². The molecule has 2 aromatic carbocycles. The van der Waals surface area contributed by atoms with E-state index in [1.165, 1.54) is 29.7 Å². The molecule has 1 amide bonds. The molecular formula is C24H26N4O. The molecule has 3 aromatic rings. The number of nitrogens with one attached hydrogen (secondary N) is 2. The highest BCUT2D eigenvalue weighted by molar-refractivity contribution is 6.04. The van der Waals surface area contributed by atoms with Gasteiger partial charge in [0.1, 0.15) is 0 Å². The molecule has 148 valence electrons. The number of aryl methyl sites for hydroxylation is 1. The Balaban J connectivity index is 1.37. The third-order valence-electron chi connectivity index (χ3n) is 5.18. The van der Waals surface area contributed by atoms with Gasteiger partial charge in [-0.2, -0.15) is 0 Å². The zero-order valence-corrected chi connectivity index (χ0v) is 16.7. The normalized spacial score (nSPS) is 13.3. The van der Waals surface area contributed by atoms with E-state index in [0.717, 1.165) is 24.5 Å². The molecule has 0 unspecified atom stereocenters. The van der Waals surface area contributed by atoms with E-state index in [0.29, 0.717) is 12.1 Å². The van der Waals surface area contributed by atoms with Crippen LogP contribution in [0, 0.1) is 6.92 Å². The summed E-state index contributed by atoms with van der Waals surface area (Å²) in [5.74, 6) is -0.161. The number of rotatable bonds is 6. The predicted octanol–water partition coefficient (Wildman–Crippen LogP) is 4.85. The average molecular weight is 386 g/mol. The first-order valence-electron chi connectivity index (χ1n) is 10.1. The van der Waals surface area contributed by atoms with Crippen LogP contribution in [0.5, 0.6) is 0 Å². The Morgan fingerprint density at radius 2 is 1.79 bits per heavy atom. The topological polar surface area (TPSA) is 57.3 Å². The Hall–Kier alpha value is -3.34. The molecule has 1 aromatic heterocycles. The first-order valence-corrected chi connectivity index (χ1v) is 10.1. The molecule has 0 bridgehead atoms.